The molecule has 4 fully saturated rings. The number of urea groups is 1. The molecule has 2 aromatic rings. The minimum atomic E-state index is -1.01. The normalized spacial score (nSPS) is 24.6. The first kappa shape index (κ1) is 27.0. The largest absolute Gasteiger partial charge is 0.357 e. The molecule has 2 atom stereocenters. The average Bonchev–Trinajstić information content (AvgIpc) is 3.92. The van der Waals surface area contributed by atoms with E-state index in [2.05, 4.69) is 26.4 Å². The number of anilines is 1. The summed E-state index contributed by atoms with van der Waals surface area (Å²) in [7, 11) is 3.33. The van der Waals surface area contributed by atoms with Crippen molar-refractivity contribution in [1.82, 2.24) is 30.6 Å². The van der Waals surface area contributed by atoms with Gasteiger partial charge in [0.25, 0.3) is 5.91 Å². The molecule has 1 aromatic carbocycles. The second-order valence-corrected chi connectivity index (χ2v) is 13.2. The highest BCUT2D eigenvalue weighted by Crippen LogP contribution is 2.51. The third-order valence-electron chi connectivity index (χ3n) is 10.3. The summed E-state index contributed by atoms with van der Waals surface area (Å²) in [5.41, 5.74) is 2.03. The van der Waals surface area contributed by atoms with Crippen LogP contribution in [0.1, 0.15) is 60.1 Å². The number of aryl methyl sites for hydroxylation is 1. The molecular formula is C31H39N7O4. The fourth-order valence-corrected chi connectivity index (χ4v) is 7.38. The summed E-state index contributed by atoms with van der Waals surface area (Å²) in [5, 5.41) is 16.1. The standard InChI is InChI=1S/C31H39N7O4/c1-32-28(41)31(38-17-30(10-11-30)16-33-29(38)42)14-20-7-8-22(13-21(20)15-31)35-27(40)25(24(18-3-4-18)19-5-6-19)36-26(39)23-9-12-34-37(23)2/h7-9,12-13,18-19,24-25H,3-6,10-11,14-17H2,1-2H3,(H,32,41)(H,33,42)(H,35,40)(H,36,39)/t25-,31?/m0/s1. The molecule has 2 heterocycles. The van der Waals surface area contributed by atoms with Gasteiger partial charge in [-0.1, -0.05) is 6.07 Å². The lowest BCUT2D eigenvalue weighted by molar-refractivity contribution is -0.131. The van der Waals surface area contributed by atoms with Crippen molar-refractivity contribution in [1.29, 1.82) is 0 Å². The lowest BCUT2D eigenvalue weighted by Crippen LogP contribution is -2.67. The van der Waals surface area contributed by atoms with Gasteiger partial charge in [0.05, 0.1) is 0 Å². The summed E-state index contributed by atoms with van der Waals surface area (Å²) < 4.78 is 1.51. The number of benzene rings is 1. The molecule has 222 valence electrons. The maximum absolute atomic E-state index is 13.9. The van der Waals surface area contributed by atoms with Crippen molar-refractivity contribution in [3.8, 4) is 0 Å². The van der Waals surface area contributed by atoms with E-state index in [-0.39, 0.29) is 35.1 Å². The molecule has 0 bridgehead atoms. The van der Waals surface area contributed by atoms with Crippen LogP contribution in [0.2, 0.25) is 0 Å². The van der Waals surface area contributed by atoms with E-state index >= 15 is 0 Å². The molecule has 5 aliphatic rings. The number of carbonyl (C=O) groups is 4. The SMILES string of the molecule is CNC(=O)C1(N2CC3(CC3)CNC2=O)Cc2ccc(NC(=O)[C@@H](NC(=O)c3ccnn3C)C(C3CC3)C3CC3)cc2C1. The van der Waals surface area contributed by atoms with E-state index in [0.29, 0.717) is 49.1 Å². The molecule has 1 aromatic heterocycles. The molecule has 11 nitrogen and oxygen atoms in total. The zero-order valence-electron chi connectivity index (χ0n) is 24.2. The molecule has 11 heteroatoms. The molecule has 4 N–H and O–H groups in total. The van der Waals surface area contributed by atoms with Crippen LogP contribution >= 0.6 is 0 Å². The Morgan fingerprint density at radius 2 is 1.76 bits per heavy atom. The first-order valence-electron chi connectivity index (χ1n) is 15.2. The summed E-state index contributed by atoms with van der Waals surface area (Å²) in [6.07, 6.45) is 8.81. The van der Waals surface area contributed by atoms with Gasteiger partial charge < -0.3 is 26.2 Å². The van der Waals surface area contributed by atoms with E-state index in [4.69, 9.17) is 0 Å². The Bertz CT molecular complexity index is 1440. The summed E-state index contributed by atoms with van der Waals surface area (Å²) in [4.78, 5) is 55.3. The summed E-state index contributed by atoms with van der Waals surface area (Å²) in [6, 6.07) is 6.54. The first-order valence-corrected chi connectivity index (χ1v) is 15.2. The molecule has 1 aliphatic heterocycles. The van der Waals surface area contributed by atoms with Crippen LogP contribution in [0.4, 0.5) is 10.5 Å². The lowest BCUT2D eigenvalue weighted by Gasteiger charge is -2.44. The Labute approximate surface area is 245 Å². The Morgan fingerprint density at radius 1 is 1.05 bits per heavy atom. The van der Waals surface area contributed by atoms with E-state index in [0.717, 1.165) is 49.7 Å². The highest BCUT2D eigenvalue weighted by molar-refractivity contribution is 6.01. The van der Waals surface area contributed by atoms with Gasteiger partial charge in [0.15, 0.2) is 0 Å². The maximum atomic E-state index is 13.9. The number of fused-ring (bicyclic) bond motifs is 1. The molecule has 1 unspecified atom stereocenters. The van der Waals surface area contributed by atoms with Gasteiger partial charge in [-0.05, 0) is 85.6 Å². The Balaban J connectivity index is 1.13. The minimum absolute atomic E-state index is 0.0669. The summed E-state index contributed by atoms with van der Waals surface area (Å²) >= 11 is 0. The van der Waals surface area contributed by atoms with E-state index in [1.54, 1.807) is 31.3 Å². The number of aromatic nitrogens is 2. The number of hydrogen-bond acceptors (Lipinski definition) is 5. The van der Waals surface area contributed by atoms with E-state index in [9.17, 15) is 19.2 Å². The zero-order valence-corrected chi connectivity index (χ0v) is 24.2. The van der Waals surface area contributed by atoms with Crippen LogP contribution in [-0.4, -0.2) is 70.2 Å². The van der Waals surface area contributed by atoms with E-state index in [1.165, 1.54) is 4.68 Å². The second kappa shape index (κ2) is 9.84. The Kier molecular flexibility index (Phi) is 6.32. The number of hydrogen-bond donors (Lipinski definition) is 4. The van der Waals surface area contributed by atoms with Gasteiger partial charge >= 0.3 is 6.03 Å². The molecule has 1 spiro atoms. The second-order valence-electron chi connectivity index (χ2n) is 13.2. The van der Waals surface area contributed by atoms with Crippen molar-refractivity contribution in [3.63, 3.8) is 0 Å². The number of carbonyl (C=O) groups excluding carboxylic acids is 4. The zero-order chi connectivity index (χ0) is 29.2. The highest BCUT2D eigenvalue weighted by atomic mass is 16.2. The Hall–Kier alpha value is -3.89. The number of nitrogens with zero attached hydrogens (tertiary/aromatic N) is 3. The monoisotopic (exact) mass is 573 g/mol. The van der Waals surface area contributed by atoms with Crippen molar-refractivity contribution in [2.24, 2.45) is 30.2 Å². The van der Waals surface area contributed by atoms with Crippen molar-refractivity contribution in [2.45, 2.75) is 62.9 Å². The van der Waals surface area contributed by atoms with Gasteiger partial charge in [-0.3, -0.25) is 19.1 Å². The molecule has 0 radical (unpaired) electrons. The highest BCUT2D eigenvalue weighted by Gasteiger charge is 2.57. The minimum Gasteiger partial charge on any atom is -0.357 e. The first-order chi connectivity index (χ1) is 20.2. The number of amides is 5. The maximum Gasteiger partial charge on any atom is 0.318 e. The molecule has 5 amide bonds. The smallest absolute Gasteiger partial charge is 0.318 e. The van der Waals surface area contributed by atoms with Crippen LogP contribution in [0.5, 0.6) is 0 Å². The van der Waals surface area contributed by atoms with Gasteiger partial charge in [-0.2, -0.15) is 5.10 Å². The van der Waals surface area contributed by atoms with Crippen LogP contribution < -0.4 is 21.3 Å². The molecule has 7 rings (SSSR count). The Morgan fingerprint density at radius 3 is 2.38 bits per heavy atom. The molecule has 4 aliphatic carbocycles. The van der Waals surface area contributed by atoms with Gasteiger partial charge in [-0.15, -0.1) is 0 Å². The van der Waals surface area contributed by atoms with Crippen molar-refractivity contribution < 1.29 is 19.2 Å². The van der Waals surface area contributed by atoms with E-state index < -0.39 is 11.6 Å². The van der Waals surface area contributed by atoms with E-state index in [1.807, 2.05) is 18.2 Å². The molecule has 42 heavy (non-hydrogen) atoms. The van der Waals surface area contributed by atoms with Crippen molar-refractivity contribution >= 4 is 29.4 Å². The fraction of sp³-hybridized carbons (Fsp3) is 0.581. The van der Waals surface area contributed by atoms with Crippen molar-refractivity contribution in [2.75, 3.05) is 25.5 Å². The predicted molar refractivity (Wildman–Crippen MR) is 154 cm³/mol. The molecule has 1 saturated heterocycles. The number of rotatable bonds is 9. The summed E-state index contributed by atoms with van der Waals surface area (Å²) in [6.45, 7) is 1.24. The third-order valence-corrected chi connectivity index (χ3v) is 10.3. The lowest BCUT2D eigenvalue weighted by atomic mass is 9.88. The number of likely N-dealkylation sites (N-methyl/N-ethyl adjacent to an activating group) is 1. The van der Waals surface area contributed by atoms with Crippen LogP contribution in [0, 0.1) is 23.2 Å². The molecular weight excluding hydrogens is 534 g/mol. The van der Waals surface area contributed by atoms with Crippen LogP contribution in [0.15, 0.2) is 30.5 Å². The fourth-order valence-electron chi connectivity index (χ4n) is 7.38. The third kappa shape index (κ3) is 4.72. The molecule has 3 saturated carbocycles. The van der Waals surface area contributed by atoms with Crippen LogP contribution in [-0.2, 0) is 29.5 Å². The van der Waals surface area contributed by atoms with Crippen LogP contribution in [0.3, 0.4) is 0 Å². The van der Waals surface area contributed by atoms with Crippen LogP contribution in [0.25, 0.3) is 0 Å². The van der Waals surface area contributed by atoms with Gasteiger partial charge in [0, 0.05) is 57.3 Å². The van der Waals surface area contributed by atoms with Gasteiger partial charge in [0.2, 0.25) is 11.8 Å². The quantitative estimate of drug-likeness (QED) is 0.364. The van der Waals surface area contributed by atoms with Crippen molar-refractivity contribution in [3.05, 3.63) is 47.3 Å². The number of nitrogens with one attached hydrogen (secondary N) is 4. The average molecular weight is 574 g/mol. The topological polar surface area (TPSA) is 137 Å². The predicted octanol–water partition coefficient (Wildman–Crippen LogP) is 1.98. The van der Waals surface area contributed by atoms with Gasteiger partial charge in [0.1, 0.15) is 17.3 Å². The summed E-state index contributed by atoms with van der Waals surface area (Å²) in [5.74, 6) is 0.282. The van der Waals surface area contributed by atoms with Gasteiger partial charge in [-0.25, -0.2) is 4.79 Å².